The molecule has 2 saturated carbocycles. The van der Waals surface area contributed by atoms with Gasteiger partial charge in [0.25, 0.3) is 0 Å². The van der Waals surface area contributed by atoms with E-state index in [1.807, 2.05) is 11.9 Å². The van der Waals surface area contributed by atoms with Crippen molar-refractivity contribution in [2.75, 3.05) is 77.9 Å². The molecule has 1 aromatic carbocycles. The second-order valence-corrected chi connectivity index (χ2v) is 15.5. The van der Waals surface area contributed by atoms with Crippen molar-refractivity contribution >= 4 is 29.8 Å². The van der Waals surface area contributed by atoms with Gasteiger partial charge >= 0.3 is 0 Å². The van der Waals surface area contributed by atoms with Crippen LogP contribution in [0.3, 0.4) is 0 Å². The maximum atomic E-state index is 2.86. The van der Waals surface area contributed by atoms with Gasteiger partial charge in [0.05, 0.1) is 0 Å². The number of rotatable bonds is 7. The summed E-state index contributed by atoms with van der Waals surface area (Å²) >= 11 is 4.13. The van der Waals surface area contributed by atoms with Crippen LogP contribution in [0.25, 0.3) is 0 Å². The summed E-state index contributed by atoms with van der Waals surface area (Å²) in [6.07, 6.45) is 18.3. The molecule has 4 fully saturated rings. The first-order chi connectivity index (χ1) is 19.1. The molecule has 1 spiro atoms. The molecule has 0 bridgehead atoms. The highest BCUT2D eigenvalue weighted by molar-refractivity contribution is 7.97. The van der Waals surface area contributed by atoms with Crippen LogP contribution in [0.15, 0.2) is 29.2 Å². The molecule has 5 nitrogen and oxygen atoms in total. The number of hydrogen-bond acceptors (Lipinski definition) is 7. The summed E-state index contributed by atoms with van der Waals surface area (Å²) in [4.78, 5) is 6.44. The van der Waals surface area contributed by atoms with Gasteiger partial charge in [-0.15, -0.1) is 0 Å². The third-order valence-electron chi connectivity index (χ3n) is 9.37. The molecule has 0 aromatic heterocycles. The van der Waals surface area contributed by atoms with Crippen molar-refractivity contribution < 1.29 is 0 Å². The lowest BCUT2D eigenvalue weighted by Gasteiger charge is -2.36. The first-order valence-electron chi connectivity index (χ1n) is 16.2. The number of hydrogen-bond donors (Lipinski definition) is 0. The Kier molecular flexibility index (Phi) is 11.7. The van der Waals surface area contributed by atoms with Gasteiger partial charge in [-0.2, -0.15) is 0 Å². The largest absolute Gasteiger partial charge is 0.378 e. The maximum Gasteiger partial charge on any atom is 0.0361 e. The third kappa shape index (κ3) is 9.82. The standard InChI is InChI=1S/C32H55N5S2/c1-33(2)30-14-16-31(17-15-30)38-36-24-10-20-34(26-29-12-6-5-7-13-29)21-11-25-37(28-32(27-36)18-19-32)39-35-22-8-3-4-9-23-35/h14-17,29H,3-13,18-28H2,1-2H3. The number of nitrogens with zero attached hydrogens (tertiary/aromatic N) is 5. The average Bonchev–Trinajstić information content (AvgIpc) is 3.73. The second kappa shape index (κ2) is 15.2. The lowest BCUT2D eigenvalue weighted by atomic mass is 9.89. The molecule has 220 valence electrons. The average molecular weight is 574 g/mol. The van der Waals surface area contributed by atoms with E-state index in [9.17, 15) is 0 Å². The molecular weight excluding hydrogens is 519 g/mol. The quantitative estimate of drug-likeness (QED) is 0.315. The Morgan fingerprint density at radius 1 is 0.692 bits per heavy atom. The van der Waals surface area contributed by atoms with Crippen molar-refractivity contribution in [3.05, 3.63) is 24.3 Å². The summed E-state index contributed by atoms with van der Waals surface area (Å²) in [7, 11) is 4.26. The highest BCUT2D eigenvalue weighted by Crippen LogP contribution is 2.49. The van der Waals surface area contributed by atoms with E-state index >= 15 is 0 Å². The molecule has 0 atom stereocenters. The van der Waals surface area contributed by atoms with Gasteiger partial charge in [-0.25, -0.2) is 12.9 Å². The Bertz CT molecular complexity index is 831. The lowest BCUT2D eigenvalue weighted by molar-refractivity contribution is 0.180. The highest BCUT2D eigenvalue weighted by Gasteiger charge is 2.45. The zero-order chi connectivity index (χ0) is 26.9. The van der Waals surface area contributed by atoms with Crippen LogP contribution >= 0.6 is 24.1 Å². The molecule has 2 saturated heterocycles. The van der Waals surface area contributed by atoms with Crippen molar-refractivity contribution in [2.24, 2.45) is 11.3 Å². The molecule has 7 heteroatoms. The van der Waals surface area contributed by atoms with E-state index in [0.717, 1.165) is 5.92 Å². The zero-order valence-corrected chi connectivity index (χ0v) is 26.6. The zero-order valence-electron chi connectivity index (χ0n) is 25.0. The Labute approximate surface area is 248 Å². The molecule has 0 radical (unpaired) electrons. The Balaban J connectivity index is 1.26. The molecule has 2 heterocycles. The van der Waals surface area contributed by atoms with E-state index in [-0.39, 0.29) is 0 Å². The molecule has 0 unspecified atom stereocenters. The molecule has 1 aromatic rings. The molecule has 4 aliphatic rings. The number of anilines is 1. The van der Waals surface area contributed by atoms with Crippen LogP contribution in [-0.2, 0) is 0 Å². The van der Waals surface area contributed by atoms with Crippen molar-refractivity contribution in [3.8, 4) is 0 Å². The van der Waals surface area contributed by atoms with Gasteiger partial charge in [0.2, 0.25) is 0 Å². The SMILES string of the molecule is CN(C)c1ccc(SN2CCCN(CC3CCCCC3)CCCN(SN3CCCCCC3)CC3(CC3)C2)cc1. The van der Waals surface area contributed by atoms with Gasteiger partial charge < -0.3 is 9.80 Å². The van der Waals surface area contributed by atoms with Crippen molar-refractivity contribution in [1.82, 2.24) is 17.8 Å². The monoisotopic (exact) mass is 573 g/mol. The van der Waals surface area contributed by atoms with Crippen LogP contribution in [-0.4, -0.2) is 90.8 Å². The van der Waals surface area contributed by atoms with E-state index in [1.165, 1.54) is 153 Å². The molecule has 39 heavy (non-hydrogen) atoms. The first-order valence-corrected chi connectivity index (χ1v) is 17.7. The van der Waals surface area contributed by atoms with Crippen molar-refractivity contribution in [3.63, 3.8) is 0 Å². The Hall–Kier alpha value is -0.440. The fraction of sp³-hybridized carbons (Fsp3) is 0.812. The van der Waals surface area contributed by atoms with Crippen LogP contribution in [0, 0.1) is 11.3 Å². The topological polar surface area (TPSA) is 16.2 Å². The van der Waals surface area contributed by atoms with Crippen LogP contribution in [0.2, 0.25) is 0 Å². The predicted octanol–water partition coefficient (Wildman–Crippen LogP) is 7.26. The smallest absolute Gasteiger partial charge is 0.0361 e. The van der Waals surface area contributed by atoms with E-state index in [0.29, 0.717) is 5.41 Å². The number of benzene rings is 1. The van der Waals surface area contributed by atoms with E-state index in [2.05, 4.69) is 73.2 Å². The van der Waals surface area contributed by atoms with E-state index < -0.39 is 0 Å². The van der Waals surface area contributed by atoms with Gasteiger partial charge in [0.15, 0.2) is 0 Å². The molecule has 2 aliphatic carbocycles. The predicted molar refractivity (Wildman–Crippen MR) is 171 cm³/mol. The van der Waals surface area contributed by atoms with Gasteiger partial charge in [-0.1, -0.05) is 32.1 Å². The Morgan fingerprint density at radius 2 is 1.28 bits per heavy atom. The summed E-state index contributed by atoms with van der Waals surface area (Å²) in [5.74, 6) is 0.935. The lowest BCUT2D eigenvalue weighted by Crippen LogP contribution is -2.40. The summed E-state index contributed by atoms with van der Waals surface area (Å²) in [5, 5.41) is 0. The minimum Gasteiger partial charge on any atom is -0.378 e. The third-order valence-corrected chi connectivity index (χ3v) is 11.6. The van der Waals surface area contributed by atoms with Gasteiger partial charge in [-0.3, -0.25) is 0 Å². The summed E-state index contributed by atoms with van der Waals surface area (Å²) < 4.78 is 8.24. The molecule has 5 rings (SSSR count). The van der Waals surface area contributed by atoms with Crippen molar-refractivity contribution in [2.45, 2.75) is 88.4 Å². The van der Waals surface area contributed by atoms with Crippen LogP contribution in [0.1, 0.15) is 83.5 Å². The van der Waals surface area contributed by atoms with Crippen LogP contribution in [0.4, 0.5) is 5.69 Å². The maximum absolute atomic E-state index is 2.86. The summed E-state index contributed by atoms with van der Waals surface area (Å²) in [6, 6.07) is 9.20. The van der Waals surface area contributed by atoms with Crippen molar-refractivity contribution in [1.29, 1.82) is 0 Å². The minimum absolute atomic E-state index is 0.483. The minimum atomic E-state index is 0.483. The molecule has 0 N–H and O–H groups in total. The molecule has 2 aliphatic heterocycles. The summed E-state index contributed by atoms with van der Waals surface area (Å²) in [6.45, 7) is 11.3. The van der Waals surface area contributed by atoms with Crippen LogP contribution in [0.5, 0.6) is 0 Å². The summed E-state index contributed by atoms with van der Waals surface area (Å²) in [5.41, 5.74) is 1.77. The first kappa shape index (κ1) is 30.0. The highest BCUT2D eigenvalue weighted by atomic mass is 32.2. The second-order valence-electron chi connectivity index (χ2n) is 13.1. The van der Waals surface area contributed by atoms with E-state index in [4.69, 9.17) is 0 Å². The normalized spacial score (nSPS) is 25.6. The fourth-order valence-corrected chi connectivity index (χ4v) is 9.21. The van der Waals surface area contributed by atoms with E-state index in [1.54, 1.807) is 0 Å². The molecular formula is C32H55N5S2. The molecule has 0 amide bonds. The van der Waals surface area contributed by atoms with Crippen LogP contribution < -0.4 is 4.90 Å². The Morgan fingerprint density at radius 3 is 1.92 bits per heavy atom. The van der Waals surface area contributed by atoms with Gasteiger partial charge in [0, 0.05) is 82.6 Å². The fourth-order valence-electron chi connectivity index (χ4n) is 6.81. The van der Waals surface area contributed by atoms with Gasteiger partial charge in [-0.05, 0) is 112 Å². The van der Waals surface area contributed by atoms with Gasteiger partial charge in [0.1, 0.15) is 0 Å².